The van der Waals surface area contributed by atoms with E-state index >= 15 is 0 Å². The standard InChI is InChI=1S/C16H15N5O/c1-11-8-15(20-22-11)19-14-9-16(18-10-17-14)21-7-6-12-4-2-3-5-13(12)21/h2-5,8-10H,6-7H2,1H3,(H,17,18,19,20). The van der Waals surface area contributed by atoms with Crippen molar-refractivity contribution in [3.05, 3.63) is 54.0 Å². The van der Waals surface area contributed by atoms with Gasteiger partial charge in [-0.25, -0.2) is 9.97 Å². The Hall–Kier alpha value is -2.89. The minimum absolute atomic E-state index is 0.643. The SMILES string of the molecule is Cc1cc(Nc2cc(N3CCc4ccccc43)ncn2)no1. The van der Waals surface area contributed by atoms with Gasteiger partial charge in [-0.05, 0) is 25.0 Å². The summed E-state index contributed by atoms with van der Waals surface area (Å²) >= 11 is 0. The summed E-state index contributed by atoms with van der Waals surface area (Å²) in [6, 6.07) is 12.2. The van der Waals surface area contributed by atoms with E-state index in [0.717, 1.165) is 24.5 Å². The zero-order chi connectivity index (χ0) is 14.9. The van der Waals surface area contributed by atoms with Crippen molar-refractivity contribution < 1.29 is 4.52 Å². The van der Waals surface area contributed by atoms with Crippen LogP contribution in [-0.4, -0.2) is 21.7 Å². The van der Waals surface area contributed by atoms with Crippen LogP contribution in [0.25, 0.3) is 0 Å². The molecule has 2 aromatic heterocycles. The van der Waals surface area contributed by atoms with Gasteiger partial charge >= 0.3 is 0 Å². The summed E-state index contributed by atoms with van der Waals surface area (Å²) in [5.41, 5.74) is 2.56. The summed E-state index contributed by atoms with van der Waals surface area (Å²) in [6.07, 6.45) is 2.59. The molecule has 3 heterocycles. The van der Waals surface area contributed by atoms with Crippen molar-refractivity contribution in [1.82, 2.24) is 15.1 Å². The smallest absolute Gasteiger partial charge is 0.175 e. The Balaban J connectivity index is 1.63. The number of anilines is 4. The van der Waals surface area contributed by atoms with Crippen LogP contribution in [0, 0.1) is 6.92 Å². The number of aryl methyl sites for hydroxylation is 1. The van der Waals surface area contributed by atoms with Crippen molar-refractivity contribution in [2.45, 2.75) is 13.3 Å². The largest absolute Gasteiger partial charge is 0.360 e. The van der Waals surface area contributed by atoms with Gasteiger partial charge in [0.2, 0.25) is 0 Å². The van der Waals surface area contributed by atoms with Gasteiger partial charge in [-0.1, -0.05) is 23.4 Å². The van der Waals surface area contributed by atoms with Crippen molar-refractivity contribution in [3.8, 4) is 0 Å². The Kier molecular flexibility index (Phi) is 3.00. The molecule has 0 atom stereocenters. The predicted octanol–water partition coefficient (Wildman–Crippen LogP) is 3.21. The van der Waals surface area contributed by atoms with Gasteiger partial charge < -0.3 is 14.7 Å². The van der Waals surface area contributed by atoms with Crippen LogP contribution in [0.4, 0.5) is 23.1 Å². The highest BCUT2D eigenvalue weighted by atomic mass is 16.5. The summed E-state index contributed by atoms with van der Waals surface area (Å²) in [6.45, 7) is 2.78. The number of fused-ring (bicyclic) bond motifs is 1. The van der Waals surface area contributed by atoms with E-state index in [-0.39, 0.29) is 0 Å². The van der Waals surface area contributed by atoms with E-state index in [1.54, 1.807) is 6.33 Å². The van der Waals surface area contributed by atoms with Gasteiger partial charge in [0, 0.05) is 24.4 Å². The summed E-state index contributed by atoms with van der Waals surface area (Å²) in [5.74, 6) is 2.97. The molecule has 0 saturated heterocycles. The van der Waals surface area contributed by atoms with Crippen LogP contribution in [0.5, 0.6) is 0 Å². The number of hydrogen-bond donors (Lipinski definition) is 1. The van der Waals surface area contributed by atoms with Crippen LogP contribution in [0.2, 0.25) is 0 Å². The Morgan fingerprint density at radius 1 is 1.14 bits per heavy atom. The van der Waals surface area contributed by atoms with Crippen LogP contribution in [0.3, 0.4) is 0 Å². The van der Waals surface area contributed by atoms with E-state index in [2.05, 4.69) is 49.6 Å². The topological polar surface area (TPSA) is 67.1 Å². The summed E-state index contributed by atoms with van der Waals surface area (Å²) in [7, 11) is 0. The molecule has 0 spiro atoms. The van der Waals surface area contributed by atoms with Gasteiger partial charge in [-0.2, -0.15) is 0 Å². The third kappa shape index (κ3) is 2.28. The maximum atomic E-state index is 5.05. The van der Waals surface area contributed by atoms with E-state index in [1.165, 1.54) is 11.3 Å². The van der Waals surface area contributed by atoms with Crippen molar-refractivity contribution in [2.75, 3.05) is 16.8 Å². The second-order valence-corrected chi connectivity index (χ2v) is 5.24. The fourth-order valence-corrected chi connectivity index (χ4v) is 2.70. The van der Waals surface area contributed by atoms with E-state index in [9.17, 15) is 0 Å². The van der Waals surface area contributed by atoms with E-state index in [1.807, 2.05) is 19.1 Å². The molecule has 6 heteroatoms. The third-order valence-electron chi connectivity index (χ3n) is 3.70. The molecule has 4 rings (SSSR count). The number of rotatable bonds is 3. The highest BCUT2D eigenvalue weighted by Gasteiger charge is 2.21. The van der Waals surface area contributed by atoms with Crippen LogP contribution >= 0.6 is 0 Å². The highest BCUT2D eigenvalue weighted by molar-refractivity contribution is 5.69. The zero-order valence-electron chi connectivity index (χ0n) is 12.2. The maximum Gasteiger partial charge on any atom is 0.175 e. The quantitative estimate of drug-likeness (QED) is 0.799. The van der Waals surface area contributed by atoms with Gasteiger partial charge in [-0.15, -0.1) is 0 Å². The molecule has 0 amide bonds. The molecule has 1 aliphatic heterocycles. The van der Waals surface area contributed by atoms with Gasteiger partial charge in [-0.3, -0.25) is 0 Å². The zero-order valence-corrected chi connectivity index (χ0v) is 12.2. The van der Waals surface area contributed by atoms with Crippen molar-refractivity contribution >= 4 is 23.1 Å². The predicted molar refractivity (Wildman–Crippen MR) is 83.7 cm³/mol. The molecule has 0 bridgehead atoms. The molecule has 6 nitrogen and oxygen atoms in total. The van der Waals surface area contributed by atoms with Crippen LogP contribution in [0.15, 0.2) is 47.2 Å². The molecule has 0 radical (unpaired) electrons. The lowest BCUT2D eigenvalue weighted by Crippen LogP contribution is -2.15. The molecule has 22 heavy (non-hydrogen) atoms. The fraction of sp³-hybridized carbons (Fsp3) is 0.188. The molecule has 110 valence electrons. The van der Waals surface area contributed by atoms with E-state index in [4.69, 9.17) is 4.52 Å². The minimum atomic E-state index is 0.643. The first-order chi connectivity index (χ1) is 10.8. The molecule has 0 fully saturated rings. The molecule has 1 aliphatic rings. The Bertz CT molecular complexity index is 814. The van der Waals surface area contributed by atoms with Gasteiger partial charge in [0.05, 0.1) is 0 Å². The third-order valence-corrected chi connectivity index (χ3v) is 3.70. The van der Waals surface area contributed by atoms with E-state index in [0.29, 0.717) is 11.6 Å². The Morgan fingerprint density at radius 3 is 2.91 bits per heavy atom. The first-order valence-electron chi connectivity index (χ1n) is 7.17. The highest BCUT2D eigenvalue weighted by Crippen LogP contribution is 2.33. The molecule has 0 unspecified atom stereocenters. The summed E-state index contributed by atoms with van der Waals surface area (Å²) in [5, 5.41) is 7.04. The van der Waals surface area contributed by atoms with Crippen LogP contribution in [0.1, 0.15) is 11.3 Å². The van der Waals surface area contributed by atoms with Crippen LogP contribution < -0.4 is 10.2 Å². The van der Waals surface area contributed by atoms with Gasteiger partial charge in [0.1, 0.15) is 23.7 Å². The number of benzene rings is 1. The van der Waals surface area contributed by atoms with Gasteiger partial charge in [0.15, 0.2) is 5.82 Å². The Morgan fingerprint density at radius 2 is 2.05 bits per heavy atom. The monoisotopic (exact) mass is 293 g/mol. The first kappa shape index (κ1) is 12.8. The van der Waals surface area contributed by atoms with Crippen LogP contribution in [-0.2, 0) is 6.42 Å². The number of para-hydroxylation sites is 1. The van der Waals surface area contributed by atoms with E-state index < -0.39 is 0 Å². The molecule has 3 aromatic rings. The number of nitrogens with one attached hydrogen (secondary N) is 1. The number of nitrogens with zero attached hydrogens (tertiary/aromatic N) is 4. The lowest BCUT2D eigenvalue weighted by atomic mass is 10.2. The number of hydrogen-bond acceptors (Lipinski definition) is 6. The lowest BCUT2D eigenvalue weighted by molar-refractivity contribution is 0.400. The lowest BCUT2D eigenvalue weighted by Gasteiger charge is -2.18. The molecule has 0 saturated carbocycles. The maximum absolute atomic E-state index is 5.05. The molecule has 1 aromatic carbocycles. The number of aromatic nitrogens is 3. The first-order valence-corrected chi connectivity index (χ1v) is 7.17. The van der Waals surface area contributed by atoms with Crippen molar-refractivity contribution in [2.24, 2.45) is 0 Å². The molecule has 1 N–H and O–H groups in total. The normalized spacial score (nSPS) is 13.2. The van der Waals surface area contributed by atoms with Crippen molar-refractivity contribution in [3.63, 3.8) is 0 Å². The molecular weight excluding hydrogens is 278 g/mol. The Labute approximate surface area is 127 Å². The second-order valence-electron chi connectivity index (χ2n) is 5.24. The van der Waals surface area contributed by atoms with Gasteiger partial charge in [0.25, 0.3) is 0 Å². The molecule has 0 aliphatic carbocycles. The minimum Gasteiger partial charge on any atom is -0.360 e. The molecular formula is C16H15N5O. The second kappa shape index (κ2) is 5.14. The average Bonchev–Trinajstić information content (AvgIpc) is 3.14. The van der Waals surface area contributed by atoms with Crippen molar-refractivity contribution in [1.29, 1.82) is 0 Å². The summed E-state index contributed by atoms with van der Waals surface area (Å²) < 4.78 is 5.05. The summed E-state index contributed by atoms with van der Waals surface area (Å²) in [4.78, 5) is 10.8. The fourth-order valence-electron chi connectivity index (χ4n) is 2.70. The average molecular weight is 293 g/mol.